The quantitative estimate of drug-likeness (QED) is 0.850. The molecule has 0 radical (unpaired) electrons. The zero-order valence-corrected chi connectivity index (χ0v) is 13.7. The summed E-state index contributed by atoms with van der Waals surface area (Å²) in [7, 11) is 1.63. The van der Waals surface area contributed by atoms with Crippen LogP contribution in [0.4, 0.5) is 5.69 Å². The molecule has 0 aliphatic heterocycles. The first-order valence-electron chi connectivity index (χ1n) is 7.90. The number of hydrogen-bond donors (Lipinski definition) is 2. The third-order valence-electron chi connectivity index (χ3n) is 4.25. The first-order valence-corrected chi connectivity index (χ1v) is 7.90. The smallest absolute Gasteiger partial charge is 0.313 e. The maximum absolute atomic E-state index is 12.0. The summed E-state index contributed by atoms with van der Waals surface area (Å²) in [4.78, 5) is 24.1. The van der Waals surface area contributed by atoms with Crippen LogP contribution in [0, 0.1) is 6.92 Å². The number of hydrogen-bond acceptors (Lipinski definition) is 3. The second-order valence-corrected chi connectivity index (χ2v) is 5.96. The van der Waals surface area contributed by atoms with Gasteiger partial charge in [0.05, 0.1) is 7.11 Å². The highest BCUT2D eigenvalue weighted by Gasteiger charge is 2.40. The molecule has 1 aliphatic carbocycles. The summed E-state index contributed by atoms with van der Waals surface area (Å²) in [6.07, 6.45) is 0.843. The van der Waals surface area contributed by atoms with Crippen molar-refractivity contribution in [2.75, 3.05) is 12.4 Å². The van der Waals surface area contributed by atoms with E-state index < -0.39 is 11.8 Å². The van der Waals surface area contributed by atoms with Crippen molar-refractivity contribution in [2.45, 2.75) is 25.3 Å². The normalized spacial score (nSPS) is 18.6. The van der Waals surface area contributed by atoms with Crippen LogP contribution < -0.4 is 15.4 Å². The van der Waals surface area contributed by atoms with E-state index >= 15 is 0 Å². The fourth-order valence-corrected chi connectivity index (χ4v) is 2.70. The SMILES string of the molecule is COc1ccc([C@H]2C[C@@H]2NC(=O)C(=O)Nc2ccccc2C)cc1. The topological polar surface area (TPSA) is 67.4 Å². The van der Waals surface area contributed by atoms with Crippen LogP contribution in [0.5, 0.6) is 5.75 Å². The third-order valence-corrected chi connectivity index (χ3v) is 4.25. The maximum atomic E-state index is 12.0. The molecule has 2 amide bonds. The number of ether oxygens (including phenoxy) is 1. The monoisotopic (exact) mass is 324 g/mol. The van der Waals surface area contributed by atoms with Gasteiger partial charge < -0.3 is 15.4 Å². The highest BCUT2D eigenvalue weighted by Crippen LogP contribution is 2.41. The van der Waals surface area contributed by atoms with Gasteiger partial charge in [0.25, 0.3) is 0 Å². The van der Waals surface area contributed by atoms with E-state index in [-0.39, 0.29) is 12.0 Å². The number of amides is 2. The van der Waals surface area contributed by atoms with E-state index in [1.165, 1.54) is 0 Å². The molecule has 0 aromatic heterocycles. The summed E-state index contributed by atoms with van der Waals surface area (Å²) in [6, 6.07) is 15.1. The average molecular weight is 324 g/mol. The van der Waals surface area contributed by atoms with Gasteiger partial charge in [-0.25, -0.2) is 0 Å². The minimum atomic E-state index is -0.635. The highest BCUT2D eigenvalue weighted by atomic mass is 16.5. The Hall–Kier alpha value is -2.82. The summed E-state index contributed by atoms with van der Waals surface area (Å²) in [6.45, 7) is 1.88. The molecule has 5 heteroatoms. The van der Waals surface area contributed by atoms with Crippen LogP contribution >= 0.6 is 0 Å². The number of carbonyl (C=O) groups excluding carboxylic acids is 2. The van der Waals surface area contributed by atoms with E-state index in [1.807, 2.05) is 49.4 Å². The Bertz CT molecular complexity index is 755. The molecule has 2 aromatic carbocycles. The summed E-state index contributed by atoms with van der Waals surface area (Å²) >= 11 is 0. The van der Waals surface area contributed by atoms with Crippen LogP contribution in [-0.4, -0.2) is 25.0 Å². The fourth-order valence-electron chi connectivity index (χ4n) is 2.70. The van der Waals surface area contributed by atoms with Crippen molar-refractivity contribution in [2.24, 2.45) is 0 Å². The molecule has 3 rings (SSSR count). The molecule has 5 nitrogen and oxygen atoms in total. The zero-order chi connectivity index (χ0) is 17.1. The third kappa shape index (κ3) is 3.56. The fraction of sp³-hybridized carbons (Fsp3) is 0.263. The van der Waals surface area contributed by atoms with Gasteiger partial charge in [0.2, 0.25) is 0 Å². The Morgan fingerprint density at radius 1 is 1.04 bits per heavy atom. The van der Waals surface area contributed by atoms with Gasteiger partial charge in [0.15, 0.2) is 0 Å². The van der Waals surface area contributed by atoms with E-state index in [9.17, 15) is 9.59 Å². The Morgan fingerprint density at radius 3 is 2.42 bits per heavy atom. The number of carbonyl (C=O) groups is 2. The van der Waals surface area contributed by atoms with Gasteiger partial charge in [0.1, 0.15) is 5.75 Å². The number of rotatable bonds is 4. The van der Waals surface area contributed by atoms with Gasteiger partial charge in [-0.1, -0.05) is 30.3 Å². The highest BCUT2D eigenvalue weighted by molar-refractivity contribution is 6.39. The number of para-hydroxylation sites is 1. The molecule has 0 spiro atoms. The van der Waals surface area contributed by atoms with Crippen LogP contribution in [-0.2, 0) is 9.59 Å². The number of methoxy groups -OCH3 is 1. The van der Waals surface area contributed by atoms with Crippen molar-refractivity contribution in [3.05, 3.63) is 59.7 Å². The number of benzene rings is 2. The van der Waals surface area contributed by atoms with Gasteiger partial charge >= 0.3 is 11.8 Å². The first kappa shape index (κ1) is 16.1. The second kappa shape index (κ2) is 6.74. The number of anilines is 1. The molecule has 24 heavy (non-hydrogen) atoms. The molecule has 0 saturated heterocycles. The van der Waals surface area contributed by atoms with E-state index in [2.05, 4.69) is 10.6 Å². The predicted octanol–water partition coefficient (Wildman–Crippen LogP) is 2.61. The minimum absolute atomic E-state index is 0.00788. The van der Waals surface area contributed by atoms with Crippen LogP contribution in [0.2, 0.25) is 0 Å². The minimum Gasteiger partial charge on any atom is -0.497 e. The molecule has 2 aromatic rings. The van der Waals surface area contributed by atoms with E-state index in [0.717, 1.165) is 23.3 Å². The van der Waals surface area contributed by atoms with E-state index in [0.29, 0.717) is 5.69 Å². The summed E-state index contributed by atoms with van der Waals surface area (Å²) in [5.41, 5.74) is 2.71. The van der Waals surface area contributed by atoms with Gasteiger partial charge in [-0.3, -0.25) is 9.59 Å². The van der Waals surface area contributed by atoms with E-state index in [1.54, 1.807) is 13.2 Å². The standard InChI is InChI=1S/C19H20N2O3/c1-12-5-3-4-6-16(12)20-18(22)19(23)21-17-11-15(17)13-7-9-14(24-2)10-8-13/h3-10,15,17H,11H2,1-2H3,(H,20,22)(H,21,23)/t15-,17+/m1/s1. The van der Waals surface area contributed by atoms with Crippen molar-refractivity contribution in [1.29, 1.82) is 0 Å². The molecule has 124 valence electrons. The lowest BCUT2D eigenvalue weighted by Crippen LogP contribution is -2.37. The molecule has 2 atom stereocenters. The summed E-state index contributed by atoms with van der Waals surface area (Å²) < 4.78 is 5.14. The Kier molecular flexibility index (Phi) is 4.51. The largest absolute Gasteiger partial charge is 0.497 e. The molecule has 0 unspecified atom stereocenters. The number of aryl methyl sites for hydroxylation is 1. The molecule has 0 bridgehead atoms. The lowest BCUT2D eigenvalue weighted by molar-refractivity contribution is -0.136. The first-order chi connectivity index (χ1) is 11.6. The number of nitrogens with one attached hydrogen (secondary N) is 2. The van der Waals surface area contributed by atoms with Gasteiger partial charge in [-0.05, 0) is 42.7 Å². The Morgan fingerprint density at radius 2 is 1.75 bits per heavy atom. The average Bonchev–Trinajstić information content (AvgIpc) is 3.36. The van der Waals surface area contributed by atoms with Crippen LogP contribution in [0.1, 0.15) is 23.5 Å². The molecule has 1 fully saturated rings. The second-order valence-electron chi connectivity index (χ2n) is 5.96. The van der Waals surface area contributed by atoms with Crippen molar-refractivity contribution >= 4 is 17.5 Å². The van der Waals surface area contributed by atoms with Gasteiger partial charge in [0, 0.05) is 17.6 Å². The molecule has 1 aliphatic rings. The lowest BCUT2D eigenvalue weighted by Gasteiger charge is -2.08. The summed E-state index contributed by atoms with van der Waals surface area (Å²) in [5, 5.41) is 5.43. The van der Waals surface area contributed by atoms with Crippen LogP contribution in [0.3, 0.4) is 0 Å². The van der Waals surface area contributed by atoms with Crippen LogP contribution in [0.25, 0.3) is 0 Å². The van der Waals surface area contributed by atoms with E-state index in [4.69, 9.17) is 4.74 Å². The van der Waals surface area contributed by atoms with Crippen molar-refractivity contribution in [1.82, 2.24) is 5.32 Å². The van der Waals surface area contributed by atoms with Gasteiger partial charge in [-0.2, -0.15) is 0 Å². The lowest BCUT2D eigenvalue weighted by atomic mass is 10.1. The Labute approximate surface area is 141 Å². The molecule has 0 heterocycles. The summed E-state index contributed by atoms with van der Waals surface area (Å²) in [5.74, 6) is -0.173. The zero-order valence-electron chi connectivity index (χ0n) is 13.7. The predicted molar refractivity (Wildman–Crippen MR) is 92.1 cm³/mol. The molecular weight excluding hydrogens is 304 g/mol. The van der Waals surface area contributed by atoms with Crippen molar-refractivity contribution in [3.63, 3.8) is 0 Å². The van der Waals surface area contributed by atoms with Crippen LogP contribution in [0.15, 0.2) is 48.5 Å². The molecular formula is C19H20N2O3. The maximum Gasteiger partial charge on any atom is 0.313 e. The van der Waals surface area contributed by atoms with Crippen molar-refractivity contribution < 1.29 is 14.3 Å². The molecule has 1 saturated carbocycles. The Balaban J connectivity index is 1.54. The van der Waals surface area contributed by atoms with Gasteiger partial charge in [-0.15, -0.1) is 0 Å². The van der Waals surface area contributed by atoms with Crippen molar-refractivity contribution in [3.8, 4) is 5.75 Å². The molecule has 2 N–H and O–H groups in total.